The minimum absolute atomic E-state index is 0.0581. The highest BCUT2D eigenvalue weighted by molar-refractivity contribution is 5.98. The van der Waals surface area contributed by atoms with Crippen LogP contribution in [0.15, 0.2) is 24.3 Å². The molecule has 114 valence electrons. The number of ether oxygens (including phenoxy) is 2. The highest BCUT2D eigenvalue weighted by Gasteiger charge is 2.37. The molecule has 0 bridgehead atoms. The SMILES string of the molecule is CC1(C)OC[C@H](CCON2C(=O)c3ccccc3C2O)O1. The lowest BCUT2D eigenvalue weighted by Gasteiger charge is -2.21. The molecule has 0 aliphatic carbocycles. The molecule has 1 fully saturated rings. The second-order valence-electron chi connectivity index (χ2n) is 5.66. The van der Waals surface area contributed by atoms with Gasteiger partial charge in [0.15, 0.2) is 12.0 Å². The van der Waals surface area contributed by atoms with Crippen molar-refractivity contribution in [3.63, 3.8) is 0 Å². The van der Waals surface area contributed by atoms with Gasteiger partial charge in [0.1, 0.15) is 0 Å². The van der Waals surface area contributed by atoms with Crippen LogP contribution in [-0.4, -0.2) is 41.2 Å². The van der Waals surface area contributed by atoms with E-state index in [1.54, 1.807) is 24.3 Å². The molecular weight excluding hydrogens is 274 g/mol. The molecule has 2 atom stereocenters. The number of fused-ring (bicyclic) bond motifs is 1. The molecule has 0 aromatic heterocycles. The number of hydrogen-bond acceptors (Lipinski definition) is 5. The van der Waals surface area contributed by atoms with Gasteiger partial charge >= 0.3 is 0 Å². The van der Waals surface area contributed by atoms with Crippen molar-refractivity contribution >= 4 is 5.91 Å². The second-order valence-corrected chi connectivity index (χ2v) is 5.66. The molecular formula is C15H19NO5. The number of nitrogens with zero attached hydrogens (tertiary/aromatic N) is 1. The van der Waals surface area contributed by atoms with Crippen LogP contribution in [0, 0.1) is 0 Å². The van der Waals surface area contributed by atoms with E-state index in [-0.39, 0.29) is 18.6 Å². The number of amides is 1. The lowest BCUT2D eigenvalue weighted by Crippen LogP contribution is -2.30. The first-order valence-corrected chi connectivity index (χ1v) is 7.03. The van der Waals surface area contributed by atoms with Gasteiger partial charge in [0.2, 0.25) is 0 Å². The first kappa shape index (κ1) is 14.5. The van der Waals surface area contributed by atoms with E-state index < -0.39 is 12.0 Å². The number of hydroxylamine groups is 2. The Labute approximate surface area is 123 Å². The molecule has 3 rings (SSSR count). The number of hydrogen-bond donors (Lipinski definition) is 1. The maximum absolute atomic E-state index is 12.1. The fourth-order valence-corrected chi connectivity index (χ4v) is 2.59. The van der Waals surface area contributed by atoms with Crippen LogP contribution in [0.3, 0.4) is 0 Å². The van der Waals surface area contributed by atoms with Gasteiger partial charge in [0.05, 0.1) is 19.3 Å². The summed E-state index contributed by atoms with van der Waals surface area (Å²) in [6.45, 7) is 4.50. The summed E-state index contributed by atoms with van der Waals surface area (Å²) >= 11 is 0. The van der Waals surface area contributed by atoms with E-state index in [4.69, 9.17) is 14.3 Å². The van der Waals surface area contributed by atoms with Gasteiger partial charge < -0.3 is 14.6 Å². The Hall–Kier alpha value is -1.47. The van der Waals surface area contributed by atoms with E-state index in [0.29, 0.717) is 24.2 Å². The Morgan fingerprint density at radius 3 is 2.86 bits per heavy atom. The van der Waals surface area contributed by atoms with Gasteiger partial charge in [-0.05, 0) is 19.9 Å². The van der Waals surface area contributed by atoms with Crippen LogP contribution in [-0.2, 0) is 14.3 Å². The zero-order valence-electron chi connectivity index (χ0n) is 12.1. The van der Waals surface area contributed by atoms with Gasteiger partial charge in [-0.25, -0.2) is 0 Å². The first-order chi connectivity index (χ1) is 9.98. The third-order valence-corrected chi connectivity index (χ3v) is 3.63. The molecule has 0 saturated carbocycles. The van der Waals surface area contributed by atoms with E-state index in [1.165, 1.54) is 0 Å². The van der Waals surface area contributed by atoms with Gasteiger partial charge in [-0.3, -0.25) is 9.63 Å². The third kappa shape index (κ3) is 2.80. The summed E-state index contributed by atoms with van der Waals surface area (Å²) < 4.78 is 11.1. The molecule has 1 unspecified atom stereocenters. The normalized spacial score (nSPS) is 27.2. The van der Waals surface area contributed by atoms with Crippen molar-refractivity contribution in [1.29, 1.82) is 0 Å². The van der Waals surface area contributed by atoms with Crippen LogP contribution in [0.4, 0.5) is 0 Å². The summed E-state index contributed by atoms with van der Waals surface area (Å²) in [5.74, 6) is -0.883. The van der Waals surface area contributed by atoms with E-state index in [9.17, 15) is 9.90 Å². The summed E-state index contributed by atoms with van der Waals surface area (Å²) in [6, 6.07) is 6.95. The van der Waals surface area contributed by atoms with Crippen LogP contribution in [0.1, 0.15) is 42.4 Å². The number of benzene rings is 1. The number of carbonyl (C=O) groups excluding carboxylic acids is 1. The summed E-state index contributed by atoms with van der Waals surface area (Å²) in [7, 11) is 0. The molecule has 0 spiro atoms. The highest BCUT2D eigenvalue weighted by atomic mass is 16.7. The average Bonchev–Trinajstić information content (AvgIpc) is 2.92. The van der Waals surface area contributed by atoms with Crippen LogP contribution in [0.2, 0.25) is 0 Å². The summed E-state index contributed by atoms with van der Waals surface area (Å²) in [6.07, 6.45) is -0.515. The van der Waals surface area contributed by atoms with E-state index >= 15 is 0 Å². The monoisotopic (exact) mass is 293 g/mol. The maximum atomic E-state index is 12.1. The minimum Gasteiger partial charge on any atom is -0.367 e. The van der Waals surface area contributed by atoms with Gasteiger partial charge in [0, 0.05) is 17.5 Å². The molecule has 0 radical (unpaired) electrons. The molecule has 1 aromatic rings. The second kappa shape index (κ2) is 5.38. The standard InChI is InChI=1S/C15H19NO5/c1-15(2)19-9-10(21-15)7-8-20-16-13(17)11-5-3-4-6-12(11)14(16)18/h3-6,10,13,17H,7-9H2,1-2H3/t10-,13?/m0/s1. The molecule has 1 amide bonds. The lowest BCUT2D eigenvalue weighted by molar-refractivity contribution is -0.204. The molecule has 6 nitrogen and oxygen atoms in total. The van der Waals surface area contributed by atoms with Gasteiger partial charge in [-0.2, -0.15) is 5.06 Å². The van der Waals surface area contributed by atoms with E-state index in [0.717, 1.165) is 5.06 Å². The fourth-order valence-electron chi connectivity index (χ4n) is 2.59. The number of carbonyl (C=O) groups is 1. The largest absolute Gasteiger partial charge is 0.367 e. The topological polar surface area (TPSA) is 68.2 Å². The molecule has 1 N–H and O–H groups in total. The van der Waals surface area contributed by atoms with Gasteiger partial charge in [-0.1, -0.05) is 18.2 Å². The predicted octanol–water partition coefficient (Wildman–Crippen LogP) is 1.61. The van der Waals surface area contributed by atoms with Crippen LogP contribution in [0.25, 0.3) is 0 Å². The Morgan fingerprint density at radius 2 is 2.19 bits per heavy atom. The number of aliphatic hydroxyl groups excluding tert-OH is 1. The lowest BCUT2D eigenvalue weighted by atomic mass is 10.1. The van der Waals surface area contributed by atoms with E-state index in [2.05, 4.69) is 0 Å². The fraction of sp³-hybridized carbons (Fsp3) is 0.533. The third-order valence-electron chi connectivity index (χ3n) is 3.63. The zero-order valence-corrected chi connectivity index (χ0v) is 12.1. The quantitative estimate of drug-likeness (QED) is 0.913. The van der Waals surface area contributed by atoms with Crippen molar-refractivity contribution in [3.8, 4) is 0 Å². The Morgan fingerprint density at radius 1 is 1.43 bits per heavy atom. The molecule has 6 heteroatoms. The predicted molar refractivity (Wildman–Crippen MR) is 73.0 cm³/mol. The van der Waals surface area contributed by atoms with Gasteiger partial charge in [-0.15, -0.1) is 0 Å². The first-order valence-electron chi connectivity index (χ1n) is 7.03. The molecule has 2 aliphatic rings. The Bertz CT molecular complexity index is 545. The van der Waals surface area contributed by atoms with Gasteiger partial charge in [0.25, 0.3) is 5.91 Å². The Kier molecular flexibility index (Phi) is 3.71. The van der Waals surface area contributed by atoms with Crippen LogP contribution < -0.4 is 0 Å². The molecule has 1 saturated heterocycles. The van der Waals surface area contributed by atoms with E-state index in [1.807, 2.05) is 13.8 Å². The summed E-state index contributed by atoms with van der Waals surface area (Å²) in [4.78, 5) is 17.6. The van der Waals surface area contributed by atoms with Crippen molar-refractivity contribution in [2.24, 2.45) is 0 Å². The highest BCUT2D eigenvalue weighted by Crippen LogP contribution is 2.31. The zero-order chi connectivity index (χ0) is 15.0. The molecule has 2 aliphatic heterocycles. The molecule has 1 aromatic carbocycles. The summed E-state index contributed by atoms with van der Waals surface area (Å²) in [5, 5.41) is 11.1. The average molecular weight is 293 g/mol. The maximum Gasteiger partial charge on any atom is 0.280 e. The minimum atomic E-state index is -1.05. The Balaban J connectivity index is 1.54. The summed E-state index contributed by atoms with van der Waals surface area (Å²) in [5.41, 5.74) is 1.05. The van der Waals surface area contributed by atoms with Crippen molar-refractivity contribution in [2.45, 2.75) is 38.4 Å². The van der Waals surface area contributed by atoms with Crippen molar-refractivity contribution < 1.29 is 24.2 Å². The molecule has 2 heterocycles. The van der Waals surface area contributed by atoms with Crippen molar-refractivity contribution in [1.82, 2.24) is 5.06 Å². The number of aliphatic hydroxyl groups is 1. The van der Waals surface area contributed by atoms with Crippen LogP contribution in [0.5, 0.6) is 0 Å². The molecule has 21 heavy (non-hydrogen) atoms. The number of rotatable bonds is 4. The van der Waals surface area contributed by atoms with Crippen LogP contribution >= 0.6 is 0 Å². The smallest absolute Gasteiger partial charge is 0.280 e. The van der Waals surface area contributed by atoms with Crippen molar-refractivity contribution in [3.05, 3.63) is 35.4 Å². The van der Waals surface area contributed by atoms with Crippen molar-refractivity contribution in [2.75, 3.05) is 13.2 Å².